The van der Waals surface area contributed by atoms with Crippen LogP contribution in [0.15, 0.2) is 30.3 Å². The molecule has 1 atom stereocenters. The van der Waals surface area contributed by atoms with Gasteiger partial charge >= 0.3 is 0 Å². The number of hydroxylamine groups is 1. The molecule has 1 unspecified atom stereocenters. The van der Waals surface area contributed by atoms with Crippen LogP contribution in [0.3, 0.4) is 0 Å². The van der Waals surface area contributed by atoms with E-state index in [2.05, 4.69) is 0 Å². The molecule has 80 valence electrons. The van der Waals surface area contributed by atoms with Crippen LogP contribution < -0.4 is 11.2 Å². The van der Waals surface area contributed by atoms with E-state index in [1.807, 2.05) is 0 Å². The van der Waals surface area contributed by atoms with Crippen molar-refractivity contribution in [1.82, 2.24) is 5.48 Å². The molecule has 0 heterocycles. The van der Waals surface area contributed by atoms with Gasteiger partial charge in [0, 0.05) is 6.42 Å². The number of nitrogens with one attached hydrogen (secondary N) is 1. The first-order valence-electron chi connectivity index (χ1n) is 4.42. The Balaban J connectivity index is 2.91. The zero-order valence-corrected chi connectivity index (χ0v) is 8.01. The number of carbonyl (C=O) groups excluding carboxylic acids is 2. The predicted molar refractivity (Wildman–Crippen MR) is 52.9 cm³/mol. The quantitative estimate of drug-likeness (QED) is 0.485. The number of amides is 2. The standard InChI is InChI=1S/C10H12N2O3/c11-9(13)6-8(10(14)12-15)7-4-2-1-3-5-7/h1-5,8,15H,6H2,(H2,11,13)(H,12,14). The van der Waals surface area contributed by atoms with Crippen molar-refractivity contribution >= 4 is 11.8 Å². The van der Waals surface area contributed by atoms with E-state index >= 15 is 0 Å². The number of benzene rings is 1. The maximum atomic E-state index is 11.3. The molecule has 0 spiro atoms. The van der Waals surface area contributed by atoms with Gasteiger partial charge in [0.1, 0.15) is 0 Å². The van der Waals surface area contributed by atoms with Crippen molar-refractivity contribution in [3.63, 3.8) is 0 Å². The van der Waals surface area contributed by atoms with Crippen LogP contribution in [0.4, 0.5) is 0 Å². The van der Waals surface area contributed by atoms with Crippen molar-refractivity contribution in [2.45, 2.75) is 12.3 Å². The Morgan fingerprint density at radius 3 is 2.40 bits per heavy atom. The first-order chi connectivity index (χ1) is 7.15. The van der Waals surface area contributed by atoms with Crippen LogP contribution in [0.2, 0.25) is 0 Å². The molecule has 15 heavy (non-hydrogen) atoms. The van der Waals surface area contributed by atoms with Crippen LogP contribution >= 0.6 is 0 Å². The molecule has 0 saturated carbocycles. The molecule has 0 aliphatic carbocycles. The Bertz CT molecular complexity index is 351. The average molecular weight is 208 g/mol. The number of hydrogen-bond acceptors (Lipinski definition) is 3. The van der Waals surface area contributed by atoms with Crippen molar-refractivity contribution in [3.8, 4) is 0 Å². The van der Waals surface area contributed by atoms with E-state index in [0.29, 0.717) is 5.56 Å². The van der Waals surface area contributed by atoms with Gasteiger partial charge in [-0.25, -0.2) is 5.48 Å². The highest BCUT2D eigenvalue weighted by molar-refractivity contribution is 5.88. The Kier molecular flexibility index (Phi) is 3.82. The second-order valence-corrected chi connectivity index (χ2v) is 3.11. The third-order valence-electron chi connectivity index (χ3n) is 2.03. The lowest BCUT2D eigenvalue weighted by Gasteiger charge is -2.12. The highest BCUT2D eigenvalue weighted by Crippen LogP contribution is 2.18. The molecule has 5 heteroatoms. The van der Waals surface area contributed by atoms with Gasteiger partial charge in [-0.15, -0.1) is 0 Å². The predicted octanol–water partition coefficient (Wildman–Crippen LogP) is 0.151. The topological polar surface area (TPSA) is 92.4 Å². The third kappa shape index (κ3) is 3.07. The summed E-state index contributed by atoms with van der Waals surface area (Å²) in [6.45, 7) is 0. The first kappa shape index (κ1) is 11.2. The molecule has 0 fully saturated rings. The minimum Gasteiger partial charge on any atom is -0.370 e. The van der Waals surface area contributed by atoms with Gasteiger partial charge in [0.15, 0.2) is 0 Å². The molecule has 2 amide bonds. The number of hydrogen-bond donors (Lipinski definition) is 3. The number of nitrogens with two attached hydrogens (primary N) is 1. The molecule has 4 N–H and O–H groups in total. The minimum atomic E-state index is -0.742. The van der Waals surface area contributed by atoms with Crippen molar-refractivity contribution in [2.24, 2.45) is 5.73 Å². The van der Waals surface area contributed by atoms with Crippen molar-refractivity contribution in [1.29, 1.82) is 0 Å². The van der Waals surface area contributed by atoms with Crippen LogP contribution in [0.1, 0.15) is 17.9 Å². The van der Waals surface area contributed by atoms with E-state index in [1.54, 1.807) is 30.3 Å². The van der Waals surface area contributed by atoms with Gasteiger partial charge in [0.05, 0.1) is 5.92 Å². The van der Waals surface area contributed by atoms with E-state index in [9.17, 15) is 9.59 Å². The molecule has 0 bridgehead atoms. The largest absolute Gasteiger partial charge is 0.370 e. The number of carbonyl (C=O) groups is 2. The van der Waals surface area contributed by atoms with Crippen LogP contribution in [-0.2, 0) is 9.59 Å². The Labute approximate surface area is 86.9 Å². The molecule has 1 aromatic rings. The van der Waals surface area contributed by atoms with Gasteiger partial charge in [-0.05, 0) is 5.56 Å². The van der Waals surface area contributed by atoms with Gasteiger partial charge in [-0.2, -0.15) is 0 Å². The fraction of sp³-hybridized carbons (Fsp3) is 0.200. The monoisotopic (exact) mass is 208 g/mol. The number of rotatable bonds is 4. The molecule has 5 nitrogen and oxygen atoms in total. The lowest BCUT2D eigenvalue weighted by atomic mass is 9.95. The molecule has 1 aromatic carbocycles. The second kappa shape index (κ2) is 5.11. The van der Waals surface area contributed by atoms with Gasteiger partial charge in [-0.3, -0.25) is 14.8 Å². The van der Waals surface area contributed by atoms with Gasteiger partial charge < -0.3 is 5.73 Å². The van der Waals surface area contributed by atoms with Crippen molar-refractivity contribution in [3.05, 3.63) is 35.9 Å². The second-order valence-electron chi connectivity index (χ2n) is 3.11. The molecule has 0 radical (unpaired) electrons. The fourth-order valence-corrected chi connectivity index (χ4v) is 1.33. The summed E-state index contributed by atoms with van der Waals surface area (Å²) in [5.74, 6) is -1.97. The summed E-state index contributed by atoms with van der Waals surface area (Å²) >= 11 is 0. The molecular weight excluding hydrogens is 196 g/mol. The third-order valence-corrected chi connectivity index (χ3v) is 2.03. The zero-order chi connectivity index (χ0) is 11.3. The van der Waals surface area contributed by atoms with Gasteiger partial charge in [-0.1, -0.05) is 30.3 Å². The SMILES string of the molecule is NC(=O)CC(C(=O)NO)c1ccccc1. The van der Waals surface area contributed by atoms with E-state index in [0.717, 1.165) is 0 Å². The highest BCUT2D eigenvalue weighted by Gasteiger charge is 2.21. The molecule has 0 aromatic heterocycles. The van der Waals surface area contributed by atoms with Crippen LogP contribution in [-0.4, -0.2) is 17.0 Å². The maximum Gasteiger partial charge on any atom is 0.251 e. The summed E-state index contributed by atoms with van der Waals surface area (Å²) < 4.78 is 0. The van der Waals surface area contributed by atoms with E-state index in [-0.39, 0.29) is 6.42 Å². The summed E-state index contributed by atoms with van der Waals surface area (Å²) in [5, 5.41) is 8.53. The lowest BCUT2D eigenvalue weighted by molar-refractivity contribution is -0.133. The van der Waals surface area contributed by atoms with E-state index in [4.69, 9.17) is 10.9 Å². The molecule has 0 saturated heterocycles. The molecule has 0 aliphatic heterocycles. The highest BCUT2D eigenvalue weighted by atomic mass is 16.5. The van der Waals surface area contributed by atoms with Crippen LogP contribution in [0.5, 0.6) is 0 Å². The summed E-state index contributed by atoms with van der Waals surface area (Å²) in [7, 11) is 0. The molecule has 1 rings (SSSR count). The minimum absolute atomic E-state index is 0.129. The van der Waals surface area contributed by atoms with Crippen molar-refractivity contribution < 1.29 is 14.8 Å². The Morgan fingerprint density at radius 2 is 1.93 bits per heavy atom. The summed E-state index contributed by atoms with van der Waals surface area (Å²) in [5.41, 5.74) is 7.19. The molecular formula is C10H12N2O3. The summed E-state index contributed by atoms with van der Waals surface area (Å²) in [6.07, 6.45) is -0.129. The van der Waals surface area contributed by atoms with E-state index < -0.39 is 17.7 Å². The smallest absolute Gasteiger partial charge is 0.251 e. The number of primary amides is 1. The first-order valence-corrected chi connectivity index (χ1v) is 4.42. The van der Waals surface area contributed by atoms with Crippen LogP contribution in [0.25, 0.3) is 0 Å². The van der Waals surface area contributed by atoms with E-state index in [1.165, 1.54) is 5.48 Å². The van der Waals surface area contributed by atoms with Crippen molar-refractivity contribution in [2.75, 3.05) is 0 Å². The van der Waals surface area contributed by atoms with Gasteiger partial charge in [0.25, 0.3) is 5.91 Å². The van der Waals surface area contributed by atoms with Crippen LogP contribution in [0, 0.1) is 0 Å². The molecule has 0 aliphatic rings. The summed E-state index contributed by atoms with van der Waals surface area (Å²) in [4.78, 5) is 22.0. The Hall–Kier alpha value is -1.88. The Morgan fingerprint density at radius 1 is 1.33 bits per heavy atom. The maximum absolute atomic E-state index is 11.3. The summed E-state index contributed by atoms with van der Waals surface area (Å²) in [6, 6.07) is 8.68. The normalized spacial score (nSPS) is 11.8. The lowest BCUT2D eigenvalue weighted by Crippen LogP contribution is -2.29. The zero-order valence-electron chi connectivity index (χ0n) is 8.01. The van der Waals surface area contributed by atoms with Gasteiger partial charge in [0.2, 0.25) is 5.91 Å². The average Bonchev–Trinajstić information content (AvgIpc) is 2.26. The fourth-order valence-electron chi connectivity index (χ4n) is 1.33.